The normalized spacial score (nSPS) is 15.9. The zero-order valence-corrected chi connectivity index (χ0v) is 16.3. The number of nitrogens with one attached hydrogen (secondary N) is 1. The number of hydrogen-bond acceptors (Lipinski definition) is 5. The highest BCUT2D eigenvalue weighted by atomic mass is 16.5. The molecule has 0 unspecified atom stereocenters. The van der Waals surface area contributed by atoms with Gasteiger partial charge in [-0.2, -0.15) is 0 Å². The lowest BCUT2D eigenvalue weighted by atomic mass is 9.92. The van der Waals surface area contributed by atoms with Gasteiger partial charge in [-0.05, 0) is 44.9 Å². The summed E-state index contributed by atoms with van der Waals surface area (Å²) in [6.45, 7) is 10.5. The second-order valence-electron chi connectivity index (χ2n) is 7.94. The first-order valence-electron chi connectivity index (χ1n) is 9.01. The van der Waals surface area contributed by atoms with E-state index in [1.54, 1.807) is 36.1 Å². The van der Waals surface area contributed by atoms with Gasteiger partial charge in [0, 0.05) is 18.3 Å². The van der Waals surface area contributed by atoms with Crippen LogP contribution < -0.4 is 15.0 Å². The summed E-state index contributed by atoms with van der Waals surface area (Å²) >= 11 is 0. The minimum absolute atomic E-state index is 0.00514. The smallest absolute Gasteiger partial charge is 0.277 e. The molecule has 1 aliphatic heterocycles. The van der Waals surface area contributed by atoms with Gasteiger partial charge in [0.15, 0.2) is 5.69 Å². The highest BCUT2D eigenvalue weighted by molar-refractivity contribution is 6.04. The van der Waals surface area contributed by atoms with E-state index in [-0.39, 0.29) is 23.4 Å². The third-order valence-corrected chi connectivity index (χ3v) is 4.33. The largest absolute Gasteiger partial charge is 0.490 e. The van der Waals surface area contributed by atoms with Crippen molar-refractivity contribution < 1.29 is 18.8 Å². The molecule has 2 amide bonds. The van der Waals surface area contributed by atoms with Crippen molar-refractivity contribution in [2.75, 3.05) is 23.4 Å². The lowest BCUT2D eigenvalue weighted by Gasteiger charge is -2.29. The predicted molar refractivity (Wildman–Crippen MR) is 102 cm³/mol. The molecular formula is C20H25N3O4. The fourth-order valence-corrected chi connectivity index (χ4v) is 2.94. The molecule has 1 aliphatic rings. The molecule has 27 heavy (non-hydrogen) atoms. The molecule has 1 aromatic heterocycles. The number of anilines is 2. The maximum Gasteiger partial charge on any atom is 0.277 e. The van der Waals surface area contributed by atoms with Crippen LogP contribution in [0, 0.1) is 18.3 Å². The number of nitrogens with zero attached hydrogens (tertiary/aromatic N) is 2. The number of aromatic nitrogens is 1. The fourth-order valence-electron chi connectivity index (χ4n) is 2.94. The molecule has 7 nitrogen and oxygen atoms in total. The molecule has 0 saturated heterocycles. The topological polar surface area (TPSA) is 84.7 Å². The van der Waals surface area contributed by atoms with Gasteiger partial charge in [-0.25, -0.2) is 0 Å². The Morgan fingerprint density at radius 2 is 2.07 bits per heavy atom. The van der Waals surface area contributed by atoms with Crippen molar-refractivity contribution in [1.29, 1.82) is 0 Å². The summed E-state index contributed by atoms with van der Waals surface area (Å²) in [7, 11) is 0. The molecule has 0 fully saturated rings. The van der Waals surface area contributed by atoms with E-state index < -0.39 is 5.41 Å². The van der Waals surface area contributed by atoms with Crippen LogP contribution in [0.3, 0.4) is 0 Å². The van der Waals surface area contributed by atoms with E-state index in [2.05, 4.69) is 24.3 Å². The van der Waals surface area contributed by atoms with Crippen LogP contribution >= 0.6 is 0 Å². The number of carbonyl (C=O) groups is 2. The molecule has 0 saturated carbocycles. The van der Waals surface area contributed by atoms with Crippen LogP contribution in [0.2, 0.25) is 0 Å². The maximum absolute atomic E-state index is 13.1. The molecule has 0 atom stereocenters. The third-order valence-electron chi connectivity index (χ3n) is 4.33. The molecule has 144 valence electrons. The van der Waals surface area contributed by atoms with E-state index >= 15 is 0 Å². The molecule has 1 N–H and O–H groups in total. The van der Waals surface area contributed by atoms with Gasteiger partial charge in [-0.15, -0.1) is 0 Å². The summed E-state index contributed by atoms with van der Waals surface area (Å²) in [6.07, 6.45) is 0. The van der Waals surface area contributed by atoms with Crippen LogP contribution in [0.5, 0.6) is 5.75 Å². The van der Waals surface area contributed by atoms with Crippen LogP contribution in [-0.4, -0.2) is 30.1 Å². The molecule has 0 aliphatic carbocycles. The monoisotopic (exact) mass is 371 g/mol. The minimum Gasteiger partial charge on any atom is -0.490 e. The molecule has 0 bridgehead atoms. The Bertz CT molecular complexity index is 870. The average Bonchev–Trinajstić information content (AvgIpc) is 3.01. The van der Waals surface area contributed by atoms with Crippen molar-refractivity contribution in [3.05, 3.63) is 35.7 Å². The van der Waals surface area contributed by atoms with Gasteiger partial charge in [0.05, 0.1) is 11.1 Å². The van der Waals surface area contributed by atoms with E-state index in [9.17, 15) is 9.59 Å². The second kappa shape index (κ2) is 7.06. The maximum atomic E-state index is 13.1. The number of aryl methyl sites for hydroxylation is 1. The number of ether oxygens (including phenoxy) is 1. The van der Waals surface area contributed by atoms with Crippen molar-refractivity contribution in [1.82, 2.24) is 5.16 Å². The summed E-state index contributed by atoms with van der Waals surface area (Å²) in [5.74, 6) is 1.11. The van der Waals surface area contributed by atoms with Crippen LogP contribution in [0.25, 0.3) is 0 Å². The summed E-state index contributed by atoms with van der Waals surface area (Å²) in [6, 6.07) is 6.86. The van der Waals surface area contributed by atoms with Crippen LogP contribution in [0.1, 0.15) is 43.9 Å². The summed E-state index contributed by atoms with van der Waals surface area (Å²) < 4.78 is 10.8. The Morgan fingerprint density at radius 3 is 2.70 bits per heavy atom. The number of amides is 2. The highest BCUT2D eigenvalue weighted by Crippen LogP contribution is 2.38. The van der Waals surface area contributed by atoms with E-state index in [1.807, 2.05) is 13.8 Å². The zero-order valence-electron chi connectivity index (χ0n) is 16.3. The summed E-state index contributed by atoms with van der Waals surface area (Å²) in [5.41, 5.74) is 0.794. The molecule has 0 spiro atoms. The molecule has 7 heteroatoms. The number of fused-ring (bicyclic) bond motifs is 1. The van der Waals surface area contributed by atoms with Crippen molar-refractivity contribution in [2.24, 2.45) is 11.3 Å². The van der Waals surface area contributed by atoms with Crippen molar-refractivity contribution in [3.63, 3.8) is 0 Å². The van der Waals surface area contributed by atoms with Gasteiger partial charge in [0.25, 0.3) is 5.91 Å². The lowest BCUT2D eigenvalue weighted by Crippen LogP contribution is -2.43. The van der Waals surface area contributed by atoms with Crippen molar-refractivity contribution in [2.45, 2.75) is 34.6 Å². The third kappa shape index (κ3) is 3.97. The number of carbonyl (C=O) groups excluding carboxylic acids is 2. The van der Waals surface area contributed by atoms with Gasteiger partial charge in [-0.3, -0.25) is 9.59 Å². The fraction of sp³-hybridized carbons (Fsp3) is 0.450. The van der Waals surface area contributed by atoms with Crippen LogP contribution in [0.4, 0.5) is 11.4 Å². The van der Waals surface area contributed by atoms with E-state index in [0.717, 1.165) is 0 Å². The van der Waals surface area contributed by atoms with Gasteiger partial charge < -0.3 is 19.5 Å². The van der Waals surface area contributed by atoms with Gasteiger partial charge >= 0.3 is 0 Å². The molecule has 1 aromatic carbocycles. The zero-order chi connectivity index (χ0) is 19.8. The number of rotatable bonds is 4. The molecule has 2 heterocycles. The van der Waals surface area contributed by atoms with Gasteiger partial charge in [-0.1, -0.05) is 19.0 Å². The predicted octanol–water partition coefficient (Wildman–Crippen LogP) is 3.64. The SMILES string of the molecule is Cc1cc(C(=O)Nc2ccc3c(c2)N(CC(C)C)C(=O)C(C)(C)CO3)no1. The van der Waals surface area contributed by atoms with E-state index in [1.165, 1.54) is 0 Å². The summed E-state index contributed by atoms with van der Waals surface area (Å²) in [5, 5.41) is 6.52. The molecular weight excluding hydrogens is 346 g/mol. The summed E-state index contributed by atoms with van der Waals surface area (Å²) in [4.78, 5) is 27.2. The van der Waals surface area contributed by atoms with Crippen LogP contribution in [0.15, 0.2) is 28.8 Å². The molecule has 3 rings (SSSR count). The average molecular weight is 371 g/mol. The molecule has 2 aromatic rings. The Balaban J connectivity index is 1.93. The first-order valence-corrected chi connectivity index (χ1v) is 9.01. The van der Waals surface area contributed by atoms with Gasteiger partial charge in [0.2, 0.25) is 5.91 Å². The van der Waals surface area contributed by atoms with Crippen molar-refractivity contribution >= 4 is 23.2 Å². The van der Waals surface area contributed by atoms with Gasteiger partial charge in [0.1, 0.15) is 18.1 Å². The highest BCUT2D eigenvalue weighted by Gasteiger charge is 2.38. The van der Waals surface area contributed by atoms with Crippen LogP contribution in [-0.2, 0) is 4.79 Å². The number of hydrogen-bond donors (Lipinski definition) is 1. The first-order chi connectivity index (χ1) is 12.7. The number of benzene rings is 1. The Kier molecular flexibility index (Phi) is 4.95. The quantitative estimate of drug-likeness (QED) is 0.887. The van der Waals surface area contributed by atoms with E-state index in [0.29, 0.717) is 36.0 Å². The second-order valence-corrected chi connectivity index (χ2v) is 7.94. The Morgan fingerprint density at radius 1 is 1.33 bits per heavy atom. The Hall–Kier alpha value is -2.83. The molecule has 0 radical (unpaired) electrons. The standard InChI is InChI=1S/C20H25N3O4/c1-12(2)10-23-16-9-14(21-18(24)15-8-13(3)27-22-15)6-7-17(16)26-11-20(4,5)19(23)25/h6-9,12H,10-11H2,1-5H3,(H,21,24). The minimum atomic E-state index is -0.629. The lowest BCUT2D eigenvalue weighted by molar-refractivity contribution is -0.127. The van der Waals surface area contributed by atoms with E-state index in [4.69, 9.17) is 9.26 Å². The van der Waals surface area contributed by atoms with Crippen molar-refractivity contribution in [3.8, 4) is 5.75 Å². The first kappa shape index (κ1) is 18.9. The Labute approximate surface area is 158 Å².